The van der Waals surface area contributed by atoms with Gasteiger partial charge in [-0.15, -0.1) is 0 Å². The van der Waals surface area contributed by atoms with Crippen LogP contribution in [-0.2, 0) is 4.79 Å². The maximum Gasteiger partial charge on any atom is 0.201 e. The van der Waals surface area contributed by atoms with Crippen molar-refractivity contribution in [2.75, 3.05) is 5.73 Å². The summed E-state index contributed by atoms with van der Waals surface area (Å²) in [6.07, 6.45) is 0. The predicted molar refractivity (Wildman–Crippen MR) is 64.5 cm³/mol. The number of imidazole rings is 1. The zero-order valence-electron chi connectivity index (χ0n) is 9.07. The lowest BCUT2D eigenvalue weighted by molar-refractivity contribution is -0.119. The molecule has 1 heterocycles. The standard InChI is InChI=1S/C11H12ClN3O/c1-6(7(2)16)15-10-4-3-8(12)5-9(10)14-11(15)13/h3-6H,1-2H3,(H2,13,14). The number of carbonyl (C=O) groups excluding carboxylic acids is 1. The summed E-state index contributed by atoms with van der Waals surface area (Å²) in [6.45, 7) is 3.33. The average molecular weight is 238 g/mol. The highest BCUT2D eigenvalue weighted by atomic mass is 35.5. The highest BCUT2D eigenvalue weighted by Crippen LogP contribution is 2.25. The number of anilines is 1. The Balaban J connectivity index is 2.69. The highest BCUT2D eigenvalue weighted by molar-refractivity contribution is 6.31. The van der Waals surface area contributed by atoms with Crippen LogP contribution in [0.25, 0.3) is 11.0 Å². The average Bonchev–Trinajstić information content (AvgIpc) is 2.51. The van der Waals surface area contributed by atoms with Crippen molar-refractivity contribution >= 4 is 34.4 Å². The Morgan fingerprint density at radius 3 is 2.88 bits per heavy atom. The first-order valence-corrected chi connectivity index (χ1v) is 5.32. The molecule has 0 saturated heterocycles. The molecule has 2 aromatic rings. The molecule has 0 aliphatic rings. The van der Waals surface area contributed by atoms with E-state index in [0.29, 0.717) is 16.5 Å². The van der Waals surface area contributed by atoms with Crippen LogP contribution in [0.4, 0.5) is 5.95 Å². The Labute approximate surface area is 98.0 Å². The normalized spacial score (nSPS) is 12.9. The molecule has 0 amide bonds. The molecule has 1 atom stereocenters. The van der Waals surface area contributed by atoms with Crippen molar-refractivity contribution in [3.8, 4) is 0 Å². The molecular weight excluding hydrogens is 226 g/mol. The summed E-state index contributed by atoms with van der Waals surface area (Å²) >= 11 is 5.87. The van der Waals surface area contributed by atoms with Crippen molar-refractivity contribution in [3.05, 3.63) is 23.2 Å². The summed E-state index contributed by atoms with van der Waals surface area (Å²) in [6, 6.07) is 5.00. The molecule has 2 rings (SSSR count). The second kappa shape index (κ2) is 3.79. The van der Waals surface area contributed by atoms with Crippen molar-refractivity contribution in [1.82, 2.24) is 9.55 Å². The summed E-state index contributed by atoms with van der Waals surface area (Å²) in [5.74, 6) is 0.376. The lowest BCUT2D eigenvalue weighted by Crippen LogP contribution is -2.15. The van der Waals surface area contributed by atoms with Crippen LogP contribution in [0.15, 0.2) is 18.2 Å². The van der Waals surface area contributed by atoms with Gasteiger partial charge in [0, 0.05) is 5.02 Å². The van der Waals surface area contributed by atoms with Crippen LogP contribution in [0, 0.1) is 0 Å². The molecule has 1 aromatic heterocycles. The summed E-state index contributed by atoms with van der Waals surface area (Å²) in [4.78, 5) is 15.6. The molecular formula is C11H12ClN3O. The zero-order chi connectivity index (χ0) is 11.9. The molecule has 5 heteroatoms. The number of hydrogen-bond acceptors (Lipinski definition) is 3. The molecule has 1 unspecified atom stereocenters. The van der Waals surface area contributed by atoms with E-state index in [-0.39, 0.29) is 11.8 Å². The largest absolute Gasteiger partial charge is 0.369 e. The maximum absolute atomic E-state index is 11.4. The Bertz CT molecular complexity index is 562. The first-order chi connectivity index (χ1) is 7.50. The van der Waals surface area contributed by atoms with Crippen molar-refractivity contribution < 1.29 is 4.79 Å². The minimum atomic E-state index is -0.314. The lowest BCUT2D eigenvalue weighted by Gasteiger charge is -2.12. The first-order valence-electron chi connectivity index (χ1n) is 4.94. The number of halogens is 1. The van der Waals surface area contributed by atoms with E-state index in [0.717, 1.165) is 5.52 Å². The Morgan fingerprint density at radius 2 is 2.25 bits per heavy atom. The molecule has 0 saturated carbocycles. The number of nitrogens with zero attached hydrogens (tertiary/aromatic N) is 2. The number of carbonyl (C=O) groups is 1. The van der Waals surface area contributed by atoms with Gasteiger partial charge in [-0.3, -0.25) is 4.79 Å². The minimum Gasteiger partial charge on any atom is -0.369 e. The van der Waals surface area contributed by atoms with Crippen molar-refractivity contribution in [2.24, 2.45) is 0 Å². The van der Waals surface area contributed by atoms with Gasteiger partial charge in [0.15, 0.2) is 5.78 Å². The molecule has 2 N–H and O–H groups in total. The maximum atomic E-state index is 11.4. The van der Waals surface area contributed by atoms with E-state index < -0.39 is 0 Å². The second-order valence-electron chi connectivity index (χ2n) is 3.76. The number of nitrogen functional groups attached to an aromatic ring is 1. The van der Waals surface area contributed by atoms with Gasteiger partial charge in [0.25, 0.3) is 0 Å². The number of ketones is 1. The van der Waals surface area contributed by atoms with Crippen LogP contribution in [0.2, 0.25) is 5.02 Å². The van der Waals surface area contributed by atoms with Gasteiger partial charge in [0.2, 0.25) is 5.95 Å². The van der Waals surface area contributed by atoms with Gasteiger partial charge >= 0.3 is 0 Å². The number of nitrogens with two attached hydrogens (primary N) is 1. The van der Waals surface area contributed by atoms with Crippen LogP contribution in [0.1, 0.15) is 19.9 Å². The van der Waals surface area contributed by atoms with E-state index in [9.17, 15) is 4.79 Å². The molecule has 0 bridgehead atoms. The number of hydrogen-bond donors (Lipinski definition) is 1. The summed E-state index contributed by atoms with van der Waals surface area (Å²) < 4.78 is 1.72. The molecule has 16 heavy (non-hydrogen) atoms. The Hall–Kier alpha value is -1.55. The zero-order valence-corrected chi connectivity index (χ0v) is 9.82. The SMILES string of the molecule is CC(=O)C(C)n1c(N)nc2cc(Cl)ccc21. The molecule has 0 radical (unpaired) electrons. The highest BCUT2D eigenvalue weighted by Gasteiger charge is 2.17. The number of benzene rings is 1. The molecule has 0 aliphatic carbocycles. The molecule has 0 aliphatic heterocycles. The molecule has 1 aromatic carbocycles. The Kier molecular flexibility index (Phi) is 2.59. The van der Waals surface area contributed by atoms with Crippen LogP contribution >= 0.6 is 11.6 Å². The van der Waals surface area contributed by atoms with Gasteiger partial charge in [0.1, 0.15) is 0 Å². The topological polar surface area (TPSA) is 60.9 Å². The third kappa shape index (κ3) is 1.65. The van der Waals surface area contributed by atoms with Crippen LogP contribution in [-0.4, -0.2) is 15.3 Å². The third-order valence-corrected chi connectivity index (χ3v) is 2.89. The minimum absolute atomic E-state index is 0.0425. The number of fused-ring (bicyclic) bond motifs is 1. The summed E-state index contributed by atoms with van der Waals surface area (Å²) in [5, 5.41) is 0.604. The second-order valence-corrected chi connectivity index (χ2v) is 4.20. The smallest absolute Gasteiger partial charge is 0.201 e. The monoisotopic (exact) mass is 237 g/mol. The van der Waals surface area contributed by atoms with Gasteiger partial charge in [-0.1, -0.05) is 11.6 Å². The van der Waals surface area contributed by atoms with Crippen molar-refractivity contribution in [3.63, 3.8) is 0 Å². The van der Waals surface area contributed by atoms with Crippen LogP contribution in [0.5, 0.6) is 0 Å². The van der Waals surface area contributed by atoms with E-state index >= 15 is 0 Å². The molecule has 84 valence electrons. The number of rotatable bonds is 2. The molecule has 0 fully saturated rings. The van der Waals surface area contributed by atoms with E-state index in [1.54, 1.807) is 23.6 Å². The van der Waals surface area contributed by atoms with Crippen LogP contribution in [0.3, 0.4) is 0 Å². The fourth-order valence-electron chi connectivity index (χ4n) is 1.68. The number of aromatic nitrogens is 2. The first kappa shape index (κ1) is 11.0. The van der Waals surface area contributed by atoms with Gasteiger partial charge in [0.05, 0.1) is 17.1 Å². The quantitative estimate of drug-likeness (QED) is 0.873. The summed E-state index contributed by atoms with van der Waals surface area (Å²) in [5.41, 5.74) is 7.33. The van der Waals surface area contributed by atoms with Crippen molar-refractivity contribution in [2.45, 2.75) is 19.9 Å². The third-order valence-electron chi connectivity index (χ3n) is 2.65. The van der Waals surface area contributed by atoms with Gasteiger partial charge in [-0.05, 0) is 32.0 Å². The van der Waals surface area contributed by atoms with Crippen molar-refractivity contribution in [1.29, 1.82) is 0 Å². The fraction of sp³-hybridized carbons (Fsp3) is 0.273. The summed E-state index contributed by atoms with van der Waals surface area (Å²) in [7, 11) is 0. The molecule has 4 nitrogen and oxygen atoms in total. The van der Waals surface area contributed by atoms with E-state index in [2.05, 4.69) is 4.98 Å². The predicted octanol–water partition coefficient (Wildman–Crippen LogP) is 2.42. The Morgan fingerprint density at radius 1 is 1.56 bits per heavy atom. The van der Waals surface area contributed by atoms with Gasteiger partial charge in [-0.2, -0.15) is 0 Å². The molecule has 0 spiro atoms. The lowest BCUT2D eigenvalue weighted by atomic mass is 10.2. The van der Waals surface area contributed by atoms with E-state index in [1.165, 1.54) is 6.92 Å². The van der Waals surface area contributed by atoms with Gasteiger partial charge in [-0.25, -0.2) is 4.98 Å². The van der Waals surface area contributed by atoms with E-state index in [1.807, 2.05) is 6.07 Å². The fourth-order valence-corrected chi connectivity index (χ4v) is 1.85. The number of Topliss-reactive ketones (excluding diaryl/α,β-unsaturated/α-hetero) is 1. The van der Waals surface area contributed by atoms with Gasteiger partial charge < -0.3 is 10.3 Å². The van der Waals surface area contributed by atoms with E-state index in [4.69, 9.17) is 17.3 Å². The van der Waals surface area contributed by atoms with Crippen LogP contribution < -0.4 is 5.73 Å².